The first-order chi connectivity index (χ1) is 12.6. The molecule has 26 heavy (non-hydrogen) atoms. The van der Waals surface area contributed by atoms with Crippen LogP contribution in [0.1, 0.15) is 34.8 Å². The van der Waals surface area contributed by atoms with E-state index < -0.39 is 0 Å². The summed E-state index contributed by atoms with van der Waals surface area (Å²) in [6, 6.07) is 3.83. The second-order valence-electron chi connectivity index (χ2n) is 6.62. The van der Waals surface area contributed by atoms with Crippen LogP contribution in [-0.4, -0.2) is 33.6 Å². The number of carbonyl (C=O) groups is 1. The lowest BCUT2D eigenvalue weighted by Crippen LogP contribution is -2.27. The Morgan fingerprint density at radius 3 is 2.96 bits per heavy atom. The van der Waals surface area contributed by atoms with E-state index >= 15 is 0 Å². The number of hydrogen-bond donors (Lipinski definition) is 0. The number of thiophene rings is 1. The Morgan fingerprint density at radius 1 is 1.31 bits per heavy atom. The van der Waals surface area contributed by atoms with Crippen LogP contribution < -0.4 is 0 Å². The van der Waals surface area contributed by atoms with Gasteiger partial charge in [0.1, 0.15) is 27.7 Å². The molecule has 0 bridgehead atoms. The molecule has 0 radical (unpaired) electrons. The van der Waals surface area contributed by atoms with Gasteiger partial charge in [-0.3, -0.25) is 4.79 Å². The minimum absolute atomic E-state index is 0.0694. The summed E-state index contributed by atoms with van der Waals surface area (Å²) in [5.41, 5.74) is 1.41. The summed E-state index contributed by atoms with van der Waals surface area (Å²) in [4.78, 5) is 25.6. The highest BCUT2D eigenvalue weighted by Gasteiger charge is 2.21. The monoisotopic (exact) mass is 387 g/mol. The summed E-state index contributed by atoms with van der Waals surface area (Å²) in [6.45, 7) is 2.39. The summed E-state index contributed by atoms with van der Waals surface area (Å²) < 4.78 is 5.56. The number of thioether (sulfide) groups is 1. The molecule has 136 valence electrons. The molecule has 0 atom stereocenters. The van der Waals surface area contributed by atoms with E-state index in [1.54, 1.807) is 22.6 Å². The van der Waals surface area contributed by atoms with Gasteiger partial charge in [-0.25, -0.2) is 9.97 Å². The second kappa shape index (κ2) is 7.40. The zero-order chi connectivity index (χ0) is 18.1. The zero-order valence-electron chi connectivity index (χ0n) is 14.9. The molecule has 5 nitrogen and oxygen atoms in total. The summed E-state index contributed by atoms with van der Waals surface area (Å²) >= 11 is 3.30. The highest BCUT2D eigenvalue weighted by atomic mass is 32.2. The standard InChI is InChI=1S/C19H21N3O2S2/c1-12-7-8-13(24-12)9-22(2)16(23)10-25-18-17-14-5-3-4-6-15(14)26-19(17)21-11-20-18/h7-8,11H,3-6,9-10H2,1-2H3. The average molecular weight is 388 g/mol. The van der Waals surface area contributed by atoms with Crippen molar-refractivity contribution < 1.29 is 9.21 Å². The Labute approximate surface area is 160 Å². The zero-order valence-corrected chi connectivity index (χ0v) is 16.6. The van der Waals surface area contributed by atoms with Gasteiger partial charge in [0, 0.05) is 17.3 Å². The van der Waals surface area contributed by atoms with Gasteiger partial charge in [-0.1, -0.05) is 11.8 Å². The minimum atomic E-state index is 0.0694. The first kappa shape index (κ1) is 17.5. The number of aryl methyl sites for hydroxylation is 3. The number of hydrogen-bond acceptors (Lipinski definition) is 6. The molecule has 0 aromatic carbocycles. The van der Waals surface area contributed by atoms with Gasteiger partial charge in [0.15, 0.2) is 0 Å². The lowest BCUT2D eigenvalue weighted by molar-refractivity contribution is -0.127. The van der Waals surface area contributed by atoms with Crippen LogP contribution >= 0.6 is 23.1 Å². The number of rotatable bonds is 5. The quantitative estimate of drug-likeness (QED) is 0.484. The molecule has 1 aliphatic carbocycles. The van der Waals surface area contributed by atoms with Crippen molar-refractivity contribution in [2.45, 2.75) is 44.2 Å². The molecule has 3 aromatic heterocycles. The summed E-state index contributed by atoms with van der Waals surface area (Å²) in [6.07, 6.45) is 6.34. The molecule has 1 amide bonds. The van der Waals surface area contributed by atoms with E-state index in [1.807, 2.05) is 26.1 Å². The Balaban J connectivity index is 1.47. The van der Waals surface area contributed by atoms with Crippen molar-refractivity contribution >= 4 is 39.2 Å². The third kappa shape index (κ3) is 3.50. The molecule has 3 heterocycles. The maximum atomic E-state index is 12.5. The summed E-state index contributed by atoms with van der Waals surface area (Å²) in [5.74, 6) is 2.10. The largest absolute Gasteiger partial charge is 0.464 e. The van der Waals surface area contributed by atoms with E-state index in [0.717, 1.165) is 34.2 Å². The van der Waals surface area contributed by atoms with Crippen LogP contribution in [0.15, 0.2) is 27.9 Å². The Morgan fingerprint density at radius 2 is 2.15 bits per heavy atom. The first-order valence-corrected chi connectivity index (χ1v) is 10.6. The van der Waals surface area contributed by atoms with Crippen molar-refractivity contribution in [1.82, 2.24) is 14.9 Å². The van der Waals surface area contributed by atoms with Gasteiger partial charge in [-0.15, -0.1) is 11.3 Å². The fraction of sp³-hybridized carbons (Fsp3) is 0.421. The van der Waals surface area contributed by atoms with Gasteiger partial charge in [0.05, 0.1) is 12.3 Å². The second-order valence-corrected chi connectivity index (χ2v) is 8.67. The Hall–Kier alpha value is -1.86. The molecule has 0 saturated heterocycles. The van der Waals surface area contributed by atoms with Gasteiger partial charge in [0.25, 0.3) is 0 Å². The van der Waals surface area contributed by atoms with Gasteiger partial charge < -0.3 is 9.32 Å². The van der Waals surface area contributed by atoms with Crippen molar-refractivity contribution in [1.29, 1.82) is 0 Å². The van der Waals surface area contributed by atoms with E-state index in [2.05, 4.69) is 9.97 Å². The molecule has 0 N–H and O–H groups in total. The molecule has 4 rings (SSSR count). The lowest BCUT2D eigenvalue weighted by Gasteiger charge is -2.15. The van der Waals surface area contributed by atoms with E-state index in [4.69, 9.17) is 4.42 Å². The average Bonchev–Trinajstić information content (AvgIpc) is 3.22. The normalized spacial score (nSPS) is 13.8. The predicted octanol–water partition coefficient (Wildman–Crippen LogP) is 4.22. The third-order valence-electron chi connectivity index (χ3n) is 4.66. The molecular formula is C19H21N3O2S2. The molecule has 0 saturated carbocycles. The van der Waals surface area contributed by atoms with Crippen molar-refractivity contribution in [3.05, 3.63) is 40.4 Å². The van der Waals surface area contributed by atoms with Crippen molar-refractivity contribution in [2.24, 2.45) is 0 Å². The van der Waals surface area contributed by atoms with Gasteiger partial charge in [0.2, 0.25) is 5.91 Å². The van der Waals surface area contributed by atoms with Crippen LogP contribution in [0.25, 0.3) is 10.2 Å². The van der Waals surface area contributed by atoms with Crippen molar-refractivity contribution in [3.8, 4) is 0 Å². The molecular weight excluding hydrogens is 366 g/mol. The van der Waals surface area contributed by atoms with Crippen LogP contribution in [0.5, 0.6) is 0 Å². The van der Waals surface area contributed by atoms with Gasteiger partial charge in [-0.2, -0.15) is 0 Å². The Kier molecular flexibility index (Phi) is 5.00. The molecule has 0 aliphatic heterocycles. The summed E-state index contributed by atoms with van der Waals surface area (Å²) in [5, 5.41) is 2.11. The maximum absolute atomic E-state index is 12.5. The summed E-state index contributed by atoms with van der Waals surface area (Å²) in [7, 11) is 1.81. The number of carbonyl (C=O) groups excluding carboxylic acids is 1. The number of furan rings is 1. The van der Waals surface area contributed by atoms with Crippen LogP contribution in [0.2, 0.25) is 0 Å². The van der Waals surface area contributed by atoms with Crippen LogP contribution in [0, 0.1) is 6.92 Å². The van der Waals surface area contributed by atoms with Crippen molar-refractivity contribution in [3.63, 3.8) is 0 Å². The fourth-order valence-corrected chi connectivity index (χ4v) is 5.56. The van der Waals surface area contributed by atoms with Crippen LogP contribution in [0.4, 0.5) is 0 Å². The first-order valence-electron chi connectivity index (χ1n) is 8.79. The number of fused-ring (bicyclic) bond motifs is 3. The molecule has 1 aliphatic rings. The van der Waals surface area contributed by atoms with E-state index in [9.17, 15) is 4.79 Å². The Bertz CT molecular complexity index is 948. The molecule has 3 aromatic rings. The maximum Gasteiger partial charge on any atom is 0.233 e. The number of amides is 1. The van der Waals surface area contributed by atoms with Gasteiger partial charge in [-0.05, 0) is 50.3 Å². The number of nitrogens with zero attached hydrogens (tertiary/aromatic N) is 3. The van der Waals surface area contributed by atoms with Crippen LogP contribution in [-0.2, 0) is 24.2 Å². The smallest absolute Gasteiger partial charge is 0.233 e. The molecule has 0 unspecified atom stereocenters. The highest BCUT2D eigenvalue weighted by molar-refractivity contribution is 8.00. The van der Waals surface area contributed by atoms with Crippen molar-refractivity contribution in [2.75, 3.05) is 12.8 Å². The molecule has 0 spiro atoms. The third-order valence-corrected chi connectivity index (χ3v) is 6.84. The van der Waals surface area contributed by atoms with E-state index in [1.165, 1.54) is 40.4 Å². The highest BCUT2D eigenvalue weighted by Crippen LogP contribution is 2.39. The molecule has 0 fully saturated rings. The van der Waals surface area contributed by atoms with Gasteiger partial charge >= 0.3 is 0 Å². The fourth-order valence-electron chi connectivity index (χ4n) is 3.30. The minimum Gasteiger partial charge on any atom is -0.464 e. The lowest BCUT2D eigenvalue weighted by atomic mass is 9.97. The molecule has 7 heteroatoms. The van der Waals surface area contributed by atoms with E-state index in [-0.39, 0.29) is 5.91 Å². The SMILES string of the molecule is Cc1ccc(CN(C)C(=O)CSc2ncnc3sc4c(c23)CCCC4)o1. The van der Waals surface area contributed by atoms with Crippen LogP contribution in [0.3, 0.4) is 0 Å². The number of aromatic nitrogens is 2. The predicted molar refractivity (Wildman–Crippen MR) is 105 cm³/mol. The topological polar surface area (TPSA) is 59.2 Å². The van der Waals surface area contributed by atoms with E-state index in [0.29, 0.717) is 12.3 Å².